The maximum absolute atomic E-state index is 11.6. The maximum atomic E-state index is 11.6. The van der Waals surface area contributed by atoms with Gasteiger partial charge >= 0.3 is 5.97 Å². The molecule has 0 bridgehead atoms. The van der Waals surface area contributed by atoms with Crippen molar-refractivity contribution >= 4 is 11.5 Å². The molecule has 100 valence electrons. The first kappa shape index (κ1) is 12.3. The zero-order valence-electron chi connectivity index (χ0n) is 11.2. The minimum absolute atomic E-state index is 0.412. The average Bonchev–Trinajstić information content (AvgIpc) is 2.89. The highest BCUT2D eigenvalue weighted by atomic mass is 16.5. The van der Waals surface area contributed by atoms with Crippen molar-refractivity contribution in [1.29, 1.82) is 0 Å². The van der Waals surface area contributed by atoms with E-state index in [4.69, 9.17) is 4.74 Å². The molecular formula is C15H13N3O2. The number of fused-ring (bicyclic) bond motifs is 1. The molecule has 0 saturated heterocycles. The smallest absolute Gasteiger partial charge is 0.341 e. The van der Waals surface area contributed by atoms with Gasteiger partial charge in [0.2, 0.25) is 0 Å². The Balaban J connectivity index is 2.10. The molecule has 0 atom stereocenters. The van der Waals surface area contributed by atoms with Crippen LogP contribution in [0, 0.1) is 6.92 Å². The van der Waals surface area contributed by atoms with E-state index in [2.05, 4.69) is 16.3 Å². The standard InChI is InChI=1S/C15H13N3O2/c1-10-4-3-5-11(8-10)13-6-7-14-12(15(19)20-2)9-16-18(14)17-13/h3-9H,1-2H3. The zero-order chi connectivity index (χ0) is 14.1. The first-order chi connectivity index (χ1) is 9.69. The largest absolute Gasteiger partial charge is 0.465 e. The molecule has 2 aromatic heterocycles. The van der Waals surface area contributed by atoms with Crippen LogP contribution in [0.2, 0.25) is 0 Å². The van der Waals surface area contributed by atoms with Gasteiger partial charge in [0.05, 0.1) is 19.0 Å². The van der Waals surface area contributed by atoms with Gasteiger partial charge in [-0.15, -0.1) is 5.10 Å². The highest BCUT2D eigenvalue weighted by Gasteiger charge is 2.14. The fourth-order valence-corrected chi connectivity index (χ4v) is 2.10. The molecule has 0 N–H and O–H groups in total. The summed E-state index contributed by atoms with van der Waals surface area (Å²) in [4.78, 5) is 11.6. The molecule has 0 aliphatic heterocycles. The number of methoxy groups -OCH3 is 1. The maximum Gasteiger partial charge on any atom is 0.341 e. The Morgan fingerprint density at radius 2 is 2.10 bits per heavy atom. The number of esters is 1. The van der Waals surface area contributed by atoms with Crippen LogP contribution in [0.1, 0.15) is 15.9 Å². The number of carbonyl (C=O) groups is 1. The number of aryl methyl sites for hydroxylation is 1. The number of benzene rings is 1. The lowest BCUT2D eigenvalue weighted by Crippen LogP contribution is -2.01. The number of ether oxygens (including phenoxy) is 1. The van der Waals surface area contributed by atoms with Crippen molar-refractivity contribution in [2.24, 2.45) is 0 Å². The lowest BCUT2D eigenvalue weighted by Gasteiger charge is -2.03. The third kappa shape index (κ3) is 2.03. The van der Waals surface area contributed by atoms with Crippen LogP contribution in [0.25, 0.3) is 16.8 Å². The van der Waals surface area contributed by atoms with Crippen LogP contribution in [-0.2, 0) is 4.74 Å². The summed E-state index contributed by atoms with van der Waals surface area (Å²) in [5, 5.41) is 8.52. The molecule has 20 heavy (non-hydrogen) atoms. The summed E-state index contributed by atoms with van der Waals surface area (Å²) in [6.07, 6.45) is 1.47. The topological polar surface area (TPSA) is 56.5 Å². The Hall–Kier alpha value is -2.69. The molecule has 0 saturated carbocycles. The molecule has 2 heterocycles. The predicted octanol–water partition coefficient (Wildman–Crippen LogP) is 2.49. The summed E-state index contributed by atoms with van der Waals surface area (Å²) in [6, 6.07) is 11.8. The molecule has 3 aromatic rings. The van der Waals surface area contributed by atoms with Gasteiger partial charge in [0, 0.05) is 5.56 Å². The third-order valence-corrected chi connectivity index (χ3v) is 3.11. The number of aromatic nitrogens is 3. The average molecular weight is 267 g/mol. The normalized spacial score (nSPS) is 10.7. The number of nitrogens with zero attached hydrogens (tertiary/aromatic N) is 3. The molecule has 0 aliphatic carbocycles. The monoisotopic (exact) mass is 267 g/mol. The minimum Gasteiger partial charge on any atom is -0.465 e. The highest BCUT2D eigenvalue weighted by molar-refractivity contribution is 5.96. The zero-order valence-corrected chi connectivity index (χ0v) is 11.2. The van der Waals surface area contributed by atoms with Crippen molar-refractivity contribution in [1.82, 2.24) is 14.8 Å². The Morgan fingerprint density at radius 1 is 1.25 bits per heavy atom. The van der Waals surface area contributed by atoms with Gasteiger partial charge in [-0.2, -0.15) is 9.73 Å². The van der Waals surface area contributed by atoms with Crippen molar-refractivity contribution in [3.05, 3.63) is 53.7 Å². The molecule has 5 heteroatoms. The third-order valence-electron chi connectivity index (χ3n) is 3.11. The van der Waals surface area contributed by atoms with E-state index < -0.39 is 5.97 Å². The molecule has 3 rings (SSSR count). The SMILES string of the molecule is COC(=O)c1cnn2nc(-c3cccc(C)c3)ccc12. The Labute approximate surface area is 115 Å². The molecule has 5 nitrogen and oxygen atoms in total. The van der Waals surface area contributed by atoms with Crippen molar-refractivity contribution < 1.29 is 9.53 Å². The lowest BCUT2D eigenvalue weighted by atomic mass is 10.1. The van der Waals surface area contributed by atoms with E-state index in [1.807, 2.05) is 37.3 Å². The van der Waals surface area contributed by atoms with Crippen LogP contribution < -0.4 is 0 Å². The van der Waals surface area contributed by atoms with Crippen LogP contribution in [0.4, 0.5) is 0 Å². The van der Waals surface area contributed by atoms with Gasteiger partial charge in [0.25, 0.3) is 0 Å². The van der Waals surface area contributed by atoms with E-state index in [1.165, 1.54) is 23.5 Å². The van der Waals surface area contributed by atoms with E-state index in [0.717, 1.165) is 11.3 Å². The molecular weight excluding hydrogens is 254 g/mol. The Bertz CT molecular complexity index is 793. The number of carbonyl (C=O) groups excluding carboxylic acids is 1. The van der Waals surface area contributed by atoms with Gasteiger partial charge < -0.3 is 4.74 Å². The molecule has 0 unspecified atom stereocenters. The van der Waals surface area contributed by atoms with E-state index in [-0.39, 0.29) is 0 Å². The molecule has 1 aromatic carbocycles. The van der Waals surface area contributed by atoms with Crippen molar-refractivity contribution in [2.75, 3.05) is 7.11 Å². The summed E-state index contributed by atoms with van der Waals surface area (Å²) >= 11 is 0. The fraction of sp³-hybridized carbons (Fsp3) is 0.133. The highest BCUT2D eigenvalue weighted by Crippen LogP contribution is 2.19. The van der Waals surface area contributed by atoms with Crippen LogP contribution >= 0.6 is 0 Å². The van der Waals surface area contributed by atoms with Gasteiger partial charge in [0.1, 0.15) is 11.1 Å². The number of rotatable bonds is 2. The number of hydrogen-bond acceptors (Lipinski definition) is 4. The van der Waals surface area contributed by atoms with E-state index in [9.17, 15) is 4.79 Å². The lowest BCUT2D eigenvalue weighted by molar-refractivity contribution is 0.0603. The predicted molar refractivity (Wildman–Crippen MR) is 74.5 cm³/mol. The Morgan fingerprint density at radius 3 is 2.85 bits per heavy atom. The van der Waals surface area contributed by atoms with Gasteiger partial charge in [-0.25, -0.2) is 4.79 Å². The van der Waals surface area contributed by atoms with Crippen molar-refractivity contribution in [3.63, 3.8) is 0 Å². The molecule has 0 fully saturated rings. The first-order valence-electron chi connectivity index (χ1n) is 6.19. The second-order valence-electron chi connectivity index (χ2n) is 4.51. The fourth-order valence-electron chi connectivity index (χ4n) is 2.10. The summed E-state index contributed by atoms with van der Waals surface area (Å²) in [5.74, 6) is -0.412. The van der Waals surface area contributed by atoms with E-state index in [0.29, 0.717) is 11.1 Å². The quantitative estimate of drug-likeness (QED) is 0.669. The second kappa shape index (κ2) is 4.77. The summed E-state index contributed by atoms with van der Waals surface area (Å²) in [6.45, 7) is 2.03. The van der Waals surface area contributed by atoms with E-state index >= 15 is 0 Å². The van der Waals surface area contributed by atoms with Gasteiger partial charge in [-0.3, -0.25) is 0 Å². The molecule has 0 radical (unpaired) electrons. The van der Waals surface area contributed by atoms with Crippen LogP contribution in [0.5, 0.6) is 0 Å². The molecule has 0 amide bonds. The molecule has 0 aliphatic rings. The Kier molecular flexibility index (Phi) is 2.95. The van der Waals surface area contributed by atoms with Crippen LogP contribution in [0.15, 0.2) is 42.6 Å². The summed E-state index contributed by atoms with van der Waals surface area (Å²) in [5.41, 5.74) is 4.03. The van der Waals surface area contributed by atoms with Crippen molar-refractivity contribution in [3.8, 4) is 11.3 Å². The molecule has 0 spiro atoms. The van der Waals surface area contributed by atoms with Gasteiger partial charge in [-0.05, 0) is 25.1 Å². The van der Waals surface area contributed by atoms with E-state index in [1.54, 1.807) is 0 Å². The van der Waals surface area contributed by atoms with Crippen molar-refractivity contribution in [2.45, 2.75) is 6.92 Å². The number of hydrogen-bond donors (Lipinski definition) is 0. The summed E-state index contributed by atoms with van der Waals surface area (Å²) in [7, 11) is 1.35. The van der Waals surface area contributed by atoms with Gasteiger partial charge in [-0.1, -0.05) is 23.8 Å². The van der Waals surface area contributed by atoms with Crippen LogP contribution in [0.3, 0.4) is 0 Å². The van der Waals surface area contributed by atoms with Crippen LogP contribution in [-0.4, -0.2) is 27.9 Å². The second-order valence-corrected chi connectivity index (χ2v) is 4.51. The minimum atomic E-state index is -0.412. The first-order valence-corrected chi connectivity index (χ1v) is 6.19. The van der Waals surface area contributed by atoms with Gasteiger partial charge in [0.15, 0.2) is 0 Å². The summed E-state index contributed by atoms with van der Waals surface area (Å²) < 4.78 is 6.16.